The van der Waals surface area contributed by atoms with Gasteiger partial charge in [-0.1, -0.05) is 49.0 Å². The largest absolute Gasteiger partial charge is 0.480 e. The van der Waals surface area contributed by atoms with Crippen molar-refractivity contribution in [1.82, 2.24) is 14.7 Å². The van der Waals surface area contributed by atoms with Gasteiger partial charge in [-0.25, -0.2) is 9.78 Å². The van der Waals surface area contributed by atoms with Crippen LogP contribution in [0.15, 0.2) is 41.0 Å². The number of thioether (sulfide) groups is 1. The molecule has 1 atom stereocenters. The van der Waals surface area contributed by atoms with Crippen LogP contribution in [0, 0.1) is 0 Å². The van der Waals surface area contributed by atoms with E-state index in [-0.39, 0.29) is 0 Å². The van der Waals surface area contributed by atoms with E-state index in [4.69, 9.17) is 0 Å². The van der Waals surface area contributed by atoms with Crippen molar-refractivity contribution in [3.8, 4) is 0 Å². The maximum Gasteiger partial charge on any atom is 0.329 e. The number of carboxylic acid groups (broad SMARTS) is 1. The molecule has 1 aromatic carbocycles. The van der Waals surface area contributed by atoms with Crippen LogP contribution in [0.4, 0.5) is 0 Å². The molecule has 0 saturated heterocycles. The standard InChI is InChI=1S/C13H15N3O2S2/c1-2-15-13(11(17)18,10-6-4-3-5-7-10)8-19-12-14-9-16-20-12/h3-7,9,15H,2,8H2,1H3,(H,17,18). The Kier molecular flexibility index (Phi) is 5.11. The van der Waals surface area contributed by atoms with Crippen molar-refractivity contribution < 1.29 is 9.90 Å². The molecule has 0 fully saturated rings. The number of carbonyl (C=O) groups is 1. The molecule has 106 valence electrons. The summed E-state index contributed by atoms with van der Waals surface area (Å²) in [5.41, 5.74) is -0.377. The zero-order valence-electron chi connectivity index (χ0n) is 10.9. The van der Waals surface area contributed by atoms with E-state index in [1.165, 1.54) is 29.6 Å². The first-order valence-electron chi connectivity index (χ1n) is 6.12. The lowest BCUT2D eigenvalue weighted by Crippen LogP contribution is -2.51. The Bertz CT molecular complexity index is 548. The van der Waals surface area contributed by atoms with E-state index in [1.807, 2.05) is 37.3 Å². The van der Waals surface area contributed by atoms with E-state index in [9.17, 15) is 9.90 Å². The molecule has 1 heterocycles. The fraction of sp³-hybridized carbons (Fsp3) is 0.308. The number of carboxylic acids is 1. The molecule has 1 aromatic heterocycles. The SMILES string of the molecule is CCNC(CSc1ncns1)(C(=O)O)c1ccccc1. The van der Waals surface area contributed by atoms with E-state index in [0.29, 0.717) is 12.3 Å². The minimum Gasteiger partial charge on any atom is -0.480 e. The predicted octanol–water partition coefficient (Wildman–Crippen LogP) is 2.22. The highest BCUT2D eigenvalue weighted by atomic mass is 32.2. The zero-order valence-corrected chi connectivity index (χ0v) is 12.6. The van der Waals surface area contributed by atoms with Crippen molar-refractivity contribution in [1.29, 1.82) is 0 Å². The number of rotatable bonds is 7. The fourth-order valence-corrected chi connectivity index (χ4v) is 3.57. The van der Waals surface area contributed by atoms with Crippen LogP contribution in [0.25, 0.3) is 0 Å². The van der Waals surface area contributed by atoms with Crippen LogP contribution in [0.5, 0.6) is 0 Å². The Morgan fingerprint density at radius 3 is 2.75 bits per heavy atom. The second kappa shape index (κ2) is 6.83. The van der Waals surface area contributed by atoms with Gasteiger partial charge in [0.15, 0.2) is 9.88 Å². The number of aromatic nitrogens is 2. The van der Waals surface area contributed by atoms with E-state index >= 15 is 0 Å². The van der Waals surface area contributed by atoms with E-state index < -0.39 is 11.5 Å². The molecule has 0 saturated carbocycles. The van der Waals surface area contributed by atoms with Crippen LogP contribution in [-0.4, -0.2) is 32.7 Å². The smallest absolute Gasteiger partial charge is 0.329 e. The first-order chi connectivity index (χ1) is 9.69. The summed E-state index contributed by atoms with van der Waals surface area (Å²) < 4.78 is 4.70. The number of nitrogens with zero attached hydrogens (tertiary/aromatic N) is 2. The lowest BCUT2D eigenvalue weighted by molar-refractivity contribution is -0.144. The van der Waals surface area contributed by atoms with E-state index in [0.717, 1.165) is 9.90 Å². The van der Waals surface area contributed by atoms with Gasteiger partial charge in [-0.15, -0.1) is 0 Å². The Morgan fingerprint density at radius 2 is 2.20 bits per heavy atom. The number of benzene rings is 1. The molecule has 0 spiro atoms. The summed E-state index contributed by atoms with van der Waals surface area (Å²) >= 11 is 2.67. The summed E-state index contributed by atoms with van der Waals surface area (Å²) in [6.45, 7) is 2.47. The monoisotopic (exact) mass is 309 g/mol. The van der Waals surface area contributed by atoms with Gasteiger partial charge in [-0.05, 0) is 23.6 Å². The van der Waals surface area contributed by atoms with E-state index in [2.05, 4.69) is 14.7 Å². The first kappa shape index (κ1) is 15.0. The van der Waals surface area contributed by atoms with Crippen LogP contribution in [0.3, 0.4) is 0 Å². The van der Waals surface area contributed by atoms with Crippen LogP contribution in [0.2, 0.25) is 0 Å². The summed E-state index contributed by atoms with van der Waals surface area (Å²) in [4.78, 5) is 15.9. The van der Waals surface area contributed by atoms with Gasteiger partial charge in [0.2, 0.25) is 0 Å². The third-order valence-corrected chi connectivity index (χ3v) is 4.83. The van der Waals surface area contributed by atoms with Gasteiger partial charge in [-0.3, -0.25) is 5.32 Å². The number of likely N-dealkylation sites (N-methyl/N-ethyl adjacent to an activating group) is 1. The summed E-state index contributed by atoms with van der Waals surface area (Å²) in [6, 6.07) is 9.23. The summed E-state index contributed by atoms with van der Waals surface area (Å²) in [6.07, 6.45) is 1.48. The Morgan fingerprint density at radius 1 is 1.45 bits per heavy atom. The maximum atomic E-state index is 11.9. The molecule has 5 nitrogen and oxygen atoms in total. The van der Waals surface area contributed by atoms with Crippen molar-refractivity contribution in [2.75, 3.05) is 12.3 Å². The number of aliphatic carboxylic acids is 1. The van der Waals surface area contributed by atoms with Gasteiger partial charge >= 0.3 is 5.97 Å². The summed E-state index contributed by atoms with van der Waals surface area (Å²) in [7, 11) is 0. The number of hydrogen-bond acceptors (Lipinski definition) is 6. The Labute approximate surface area is 125 Å². The second-order valence-electron chi connectivity index (χ2n) is 4.10. The quantitative estimate of drug-likeness (QED) is 0.764. The minimum absolute atomic E-state index is 0.357. The highest BCUT2D eigenvalue weighted by Crippen LogP contribution is 2.30. The number of hydrogen-bond donors (Lipinski definition) is 2. The highest BCUT2D eigenvalue weighted by molar-refractivity contribution is 8.01. The normalized spacial score (nSPS) is 13.8. The van der Waals surface area contributed by atoms with E-state index in [1.54, 1.807) is 0 Å². The molecule has 0 radical (unpaired) electrons. The molecule has 0 aliphatic rings. The van der Waals surface area contributed by atoms with Crippen LogP contribution >= 0.6 is 23.3 Å². The van der Waals surface area contributed by atoms with Gasteiger partial charge in [0, 0.05) is 5.75 Å². The van der Waals surface area contributed by atoms with Crippen molar-refractivity contribution in [3.05, 3.63) is 42.2 Å². The van der Waals surface area contributed by atoms with Crippen molar-refractivity contribution >= 4 is 29.3 Å². The highest BCUT2D eigenvalue weighted by Gasteiger charge is 2.39. The molecule has 2 N–H and O–H groups in total. The van der Waals surface area contributed by atoms with Gasteiger partial charge in [0.1, 0.15) is 6.33 Å². The first-order valence-corrected chi connectivity index (χ1v) is 7.88. The molecule has 7 heteroatoms. The lowest BCUT2D eigenvalue weighted by Gasteiger charge is -2.30. The Hall–Kier alpha value is -1.44. The predicted molar refractivity (Wildman–Crippen MR) is 80.1 cm³/mol. The molecule has 0 aliphatic heterocycles. The molecular formula is C13H15N3O2S2. The second-order valence-corrected chi connectivity index (χ2v) is 6.11. The Balaban J connectivity index is 2.29. The number of nitrogens with one attached hydrogen (secondary N) is 1. The molecule has 0 aliphatic carbocycles. The average molecular weight is 309 g/mol. The van der Waals surface area contributed by atoms with Gasteiger partial charge in [0.25, 0.3) is 0 Å². The molecule has 20 heavy (non-hydrogen) atoms. The van der Waals surface area contributed by atoms with Crippen molar-refractivity contribution in [2.45, 2.75) is 16.8 Å². The molecule has 2 rings (SSSR count). The van der Waals surface area contributed by atoms with Crippen LogP contribution < -0.4 is 5.32 Å². The fourth-order valence-electron chi connectivity index (χ4n) is 1.92. The summed E-state index contributed by atoms with van der Waals surface area (Å²) in [5, 5.41) is 12.8. The van der Waals surface area contributed by atoms with Crippen LogP contribution in [0.1, 0.15) is 12.5 Å². The third kappa shape index (κ3) is 3.17. The maximum absolute atomic E-state index is 11.9. The van der Waals surface area contributed by atoms with Crippen molar-refractivity contribution in [3.63, 3.8) is 0 Å². The van der Waals surface area contributed by atoms with Gasteiger partial charge in [-0.2, -0.15) is 4.37 Å². The lowest BCUT2D eigenvalue weighted by atomic mass is 9.92. The van der Waals surface area contributed by atoms with Crippen molar-refractivity contribution in [2.24, 2.45) is 0 Å². The van der Waals surface area contributed by atoms with Crippen LogP contribution in [-0.2, 0) is 10.3 Å². The molecular weight excluding hydrogens is 294 g/mol. The minimum atomic E-state index is -1.12. The van der Waals surface area contributed by atoms with Gasteiger partial charge in [0.05, 0.1) is 0 Å². The zero-order chi connectivity index (χ0) is 14.4. The summed E-state index contributed by atoms with van der Waals surface area (Å²) in [5.74, 6) is -0.530. The topological polar surface area (TPSA) is 75.1 Å². The average Bonchev–Trinajstić information content (AvgIpc) is 2.97. The third-order valence-electron chi connectivity index (χ3n) is 2.86. The molecule has 0 amide bonds. The molecule has 1 unspecified atom stereocenters. The molecule has 2 aromatic rings. The van der Waals surface area contributed by atoms with Gasteiger partial charge < -0.3 is 5.11 Å². The molecule has 0 bridgehead atoms.